The SMILES string of the molecule is CC(C)(c1cccc(Oc2ccccn2)c1)c1ccc2c3ccc(C(C)(C)c4cccc(Oc5ccccn5)c4)cc3n(-c3nccnn3)c2c1. The first-order chi connectivity index (χ1) is 24.8. The van der Waals surface area contributed by atoms with Gasteiger partial charge in [0, 0.05) is 46.1 Å². The molecule has 8 aromatic rings. The summed E-state index contributed by atoms with van der Waals surface area (Å²) in [6, 6.07) is 41.1. The molecule has 0 amide bonds. The Bertz CT molecular complexity index is 2320. The highest BCUT2D eigenvalue weighted by atomic mass is 16.5. The van der Waals surface area contributed by atoms with Gasteiger partial charge in [-0.25, -0.2) is 15.0 Å². The molecule has 0 bridgehead atoms. The smallest absolute Gasteiger partial charge is 0.254 e. The fraction of sp³-hybridized carbons (Fsp3) is 0.140. The second kappa shape index (κ2) is 12.8. The molecule has 8 nitrogen and oxygen atoms in total. The van der Waals surface area contributed by atoms with Gasteiger partial charge in [-0.1, -0.05) is 88.4 Å². The van der Waals surface area contributed by atoms with E-state index >= 15 is 0 Å². The third-order valence-corrected chi connectivity index (χ3v) is 9.71. The van der Waals surface area contributed by atoms with Crippen LogP contribution in [0.4, 0.5) is 0 Å². The lowest BCUT2D eigenvalue weighted by Gasteiger charge is -2.27. The summed E-state index contributed by atoms with van der Waals surface area (Å²) in [5.41, 5.74) is 5.82. The van der Waals surface area contributed by atoms with Gasteiger partial charge >= 0.3 is 0 Å². The van der Waals surface area contributed by atoms with E-state index in [1.807, 2.05) is 60.7 Å². The van der Waals surface area contributed by atoms with Crippen molar-refractivity contribution in [1.29, 1.82) is 0 Å². The quantitative estimate of drug-likeness (QED) is 0.151. The second-order valence-corrected chi connectivity index (χ2v) is 13.6. The first kappa shape index (κ1) is 31.8. The lowest BCUT2D eigenvalue weighted by molar-refractivity contribution is 0.460. The van der Waals surface area contributed by atoms with Crippen LogP contribution in [0.25, 0.3) is 27.8 Å². The Morgan fingerprint density at radius 1 is 0.471 bits per heavy atom. The maximum atomic E-state index is 6.09. The molecule has 0 atom stereocenters. The van der Waals surface area contributed by atoms with Gasteiger partial charge in [-0.2, -0.15) is 5.10 Å². The Balaban J connectivity index is 1.22. The van der Waals surface area contributed by atoms with E-state index in [-0.39, 0.29) is 10.8 Å². The Kier molecular flexibility index (Phi) is 7.99. The van der Waals surface area contributed by atoms with Gasteiger partial charge in [0.25, 0.3) is 5.95 Å². The topological polar surface area (TPSA) is 87.8 Å². The van der Waals surface area contributed by atoms with Crippen LogP contribution in [0.3, 0.4) is 0 Å². The zero-order valence-electron chi connectivity index (χ0n) is 28.9. The maximum absolute atomic E-state index is 6.09. The summed E-state index contributed by atoms with van der Waals surface area (Å²) < 4.78 is 14.3. The average Bonchev–Trinajstić information content (AvgIpc) is 3.49. The number of rotatable bonds is 9. The molecule has 0 fully saturated rings. The molecule has 0 aliphatic heterocycles. The molecule has 8 heteroatoms. The minimum absolute atomic E-state index is 0.357. The van der Waals surface area contributed by atoms with E-state index in [0.29, 0.717) is 17.7 Å². The summed E-state index contributed by atoms with van der Waals surface area (Å²) in [4.78, 5) is 13.3. The van der Waals surface area contributed by atoms with Gasteiger partial charge in [0.05, 0.1) is 23.4 Å². The fourth-order valence-electron chi connectivity index (χ4n) is 6.64. The number of fused-ring (bicyclic) bond motifs is 3. The van der Waals surface area contributed by atoms with Gasteiger partial charge in [0.2, 0.25) is 11.8 Å². The minimum Gasteiger partial charge on any atom is -0.439 e. The standard InChI is InChI=1S/C43H36N6O2/c1-42(2,29-11-9-13-33(25-29)50-39-15-5-7-21-44-39)31-17-19-35-36-20-18-32(28-38(36)49(37(35)27-31)41-46-23-24-47-48-41)43(3,4)30-12-10-14-34(26-30)51-40-16-6-8-22-45-40/h5-28H,1-4H3. The zero-order valence-corrected chi connectivity index (χ0v) is 28.9. The Morgan fingerprint density at radius 2 is 0.980 bits per heavy atom. The van der Waals surface area contributed by atoms with Crippen molar-refractivity contribution in [1.82, 2.24) is 29.7 Å². The van der Waals surface area contributed by atoms with Gasteiger partial charge in [0.1, 0.15) is 11.5 Å². The molecule has 0 spiro atoms. The number of nitrogens with zero attached hydrogens (tertiary/aromatic N) is 6. The molecule has 0 radical (unpaired) electrons. The van der Waals surface area contributed by atoms with Gasteiger partial charge in [-0.15, -0.1) is 5.10 Å². The summed E-state index contributed by atoms with van der Waals surface area (Å²) in [6.45, 7) is 8.92. The summed E-state index contributed by atoms with van der Waals surface area (Å²) >= 11 is 0. The van der Waals surface area contributed by atoms with Crippen molar-refractivity contribution in [3.63, 3.8) is 0 Å². The van der Waals surface area contributed by atoms with Crippen molar-refractivity contribution >= 4 is 21.8 Å². The van der Waals surface area contributed by atoms with E-state index in [2.05, 4.69) is 118 Å². The van der Waals surface area contributed by atoms with Gasteiger partial charge < -0.3 is 9.47 Å². The summed E-state index contributed by atoms with van der Waals surface area (Å²) in [7, 11) is 0. The number of benzene rings is 4. The number of hydrogen-bond donors (Lipinski definition) is 0. The number of aromatic nitrogens is 6. The molecule has 0 N–H and O–H groups in total. The van der Waals surface area contributed by atoms with Crippen LogP contribution in [0, 0.1) is 0 Å². The lowest BCUT2D eigenvalue weighted by Crippen LogP contribution is -2.19. The molecule has 4 heterocycles. The summed E-state index contributed by atoms with van der Waals surface area (Å²) in [5.74, 6) is 3.11. The molecule has 4 aromatic heterocycles. The monoisotopic (exact) mass is 668 g/mol. The first-order valence-corrected chi connectivity index (χ1v) is 16.9. The van der Waals surface area contributed by atoms with Crippen LogP contribution in [0.5, 0.6) is 23.3 Å². The van der Waals surface area contributed by atoms with Crippen LogP contribution >= 0.6 is 0 Å². The summed E-state index contributed by atoms with van der Waals surface area (Å²) in [5, 5.41) is 10.9. The van der Waals surface area contributed by atoms with E-state index in [9.17, 15) is 0 Å². The van der Waals surface area contributed by atoms with Crippen molar-refractivity contribution < 1.29 is 9.47 Å². The Morgan fingerprint density at radius 3 is 1.43 bits per heavy atom. The minimum atomic E-state index is -0.357. The first-order valence-electron chi connectivity index (χ1n) is 16.9. The van der Waals surface area contributed by atoms with Gasteiger partial charge in [0.15, 0.2) is 0 Å². The molecule has 8 rings (SSSR count). The van der Waals surface area contributed by atoms with Gasteiger partial charge in [-0.3, -0.25) is 4.57 Å². The Labute approximate surface area is 296 Å². The maximum Gasteiger partial charge on any atom is 0.254 e. The highest BCUT2D eigenvalue weighted by Gasteiger charge is 2.28. The summed E-state index contributed by atoms with van der Waals surface area (Å²) in [6.07, 6.45) is 6.73. The average molecular weight is 669 g/mol. The number of hydrogen-bond acceptors (Lipinski definition) is 7. The van der Waals surface area contributed by atoms with Crippen LogP contribution in [0.15, 0.2) is 146 Å². The van der Waals surface area contributed by atoms with E-state index in [1.54, 1.807) is 24.8 Å². The van der Waals surface area contributed by atoms with Crippen molar-refractivity contribution in [3.8, 4) is 29.2 Å². The van der Waals surface area contributed by atoms with Crippen LogP contribution in [-0.2, 0) is 10.8 Å². The number of pyridine rings is 2. The molecule has 4 aromatic carbocycles. The highest BCUT2D eigenvalue weighted by molar-refractivity contribution is 6.09. The predicted molar refractivity (Wildman–Crippen MR) is 200 cm³/mol. The molecular weight excluding hydrogens is 633 g/mol. The van der Waals surface area contributed by atoms with E-state index in [4.69, 9.17) is 9.47 Å². The van der Waals surface area contributed by atoms with Gasteiger partial charge in [-0.05, 0) is 70.8 Å². The molecule has 51 heavy (non-hydrogen) atoms. The van der Waals surface area contributed by atoms with E-state index in [0.717, 1.165) is 55.6 Å². The Hall–Kier alpha value is -6.41. The number of ether oxygens (including phenoxy) is 2. The predicted octanol–water partition coefficient (Wildman–Crippen LogP) is 10.00. The third-order valence-electron chi connectivity index (χ3n) is 9.71. The van der Waals surface area contributed by atoms with Crippen molar-refractivity contribution in [3.05, 3.63) is 168 Å². The normalized spacial score (nSPS) is 11.9. The largest absolute Gasteiger partial charge is 0.439 e. The molecule has 0 saturated heterocycles. The van der Waals surface area contributed by atoms with Crippen LogP contribution in [0.1, 0.15) is 49.9 Å². The van der Waals surface area contributed by atoms with Crippen molar-refractivity contribution in [2.24, 2.45) is 0 Å². The van der Waals surface area contributed by atoms with Crippen molar-refractivity contribution in [2.75, 3.05) is 0 Å². The highest BCUT2D eigenvalue weighted by Crippen LogP contribution is 2.41. The second-order valence-electron chi connectivity index (χ2n) is 13.6. The van der Waals surface area contributed by atoms with E-state index in [1.165, 1.54) is 0 Å². The van der Waals surface area contributed by atoms with Crippen molar-refractivity contribution in [2.45, 2.75) is 38.5 Å². The van der Waals surface area contributed by atoms with Crippen LogP contribution < -0.4 is 9.47 Å². The fourth-order valence-corrected chi connectivity index (χ4v) is 6.64. The molecule has 0 aliphatic carbocycles. The van der Waals surface area contributed by atoms with Crippen LogP contribution in [0.2, 0.25) is 0 Å². The zero-order chi connectivity index (χ0) is 35.0. The van der Waals surface area contributed by atoms with Crippen LogP contribution in [-0.4, -0.2) is 29.7 Å². The molecule has 0 saturated carbocycles. The molecular formula is C43H36N6O2. The van der Waals surface area contributed by atoms with E-state index < -0.39 is 0 Å². The molecule has 0 aliphatic rings. The molecule has 250 valence electrons. The molecule has 0 unspecified atom stereocenters. The lowest BCUT2D eigenvalue weighted by atomic mass is 9.77. The third kappa shape index (κ3) is 6.06.